The number of anilines is 2. The molecule has 2 atom stereocenters. The van der Waals surface area contributed by atoms with Crippen LogP contribution in [0.15, 0.2) is 53.2 Å². The first-order valence-corrected chi connectivity index (χ1v) is 11.2. The van der Waals surface area contributed by atoms with Gasteiger partial charge in [-0.1, -0.05) is 48.3 Å². The van der Waals surface area contributed by atoms with Crippen molar-refractivity contribution >= 4 is 23.8 Å². The van der Waals surface area contributed by atoms with Crippen LogP contribution in [0.5, 0.6) is 0 Å². The highest BCUT2D eigenvalue weighted by atomic mass is 16.6. The lowest BCUT2D eigenvalue weighted by Crippen LogP contribution is -2.44. The Balaban J connectivity index is 1.46. The number of hydrogen-bond acceptors (Lipinski definition) is 7. The second kappa shape index (κ2) is 9.54. The molecular weight excluding hydrogens is 436 g/mol. The van der Waals surface area contributed by atoms with E-state index in [4.69, 9.17) is 9.26 Å². The van der Waals surface area contributed by atoms with Crippen LogP contribution < -0.4 is 10.6 Å². The van der Waals surface area contributed by atoms with Crippen LogP contribution in [-0.2, 0) is 9.53 Å². The Kier molecular flexibility index (Phi) is 6.54. The zero-order valence-corrected chi connectivity index (χ0v) is 19.4. The first kappa shape index (κ1) is 23.3. The predicted octanol–water partition coefficient (Wildman–Crippen LogP) is 5.41. The number of amides is 1. The van der Waals surface area contributed by atoms with Crippen LogP contribution in [0.2, 0.25) is 0 Å². The van der Waals surface area contributed by atoms with Gasteiger partial charge in [-0.25, -0.2) is 14.6 Å². The van der Waals surface area contributed by atoms with Crippen LogP contribution in [0.25, 0.3) is 11.1 Å². The molecule has 1 aliphatic rings. The number of ether oxygens (including phenoxy) is 1. The summed E-state index contributed by atoms with van der Waals surface area (Å²) in [6, 6.07) is 12.9. The summed E-state index contributed by atoms with van der Waals surface area (Å²) < 4.78 is 10.8. The Labute approximate surface area is 197 Å². The van der Waals surface area contributed by atoms with Gasteiger partial charge in [-0.3, -0.25) is 5.32 Å². The monoisotopic (exact) mass is 464 g/mol. The summed E-state index contributed by atoms with van der Waals surface area (Å²) in [6.07, 6.45) is 3.15. The number of nitrogens with one attached hydrogen (secondary N) is 2. The van der Waals surface area contributed by atoms with E-state index >= 15 is 0 Å². The highest BCUT2D eigenvalue weighted by Crippen LogP contribution is 2.38. The molecule has 1 amide bonds. The van der Waals surface area contributed by atoms with Crippen LogP contribution in [0.4, 0.5) is 16.5 Å². The number of carboxylic acid groups (broad SMARTS) is 1. The normalized spacial score (nSPS) is 15.7. The third kappa shape index (κ3) is 5.36. The van der Waals surface area contributed by atoms with E-state index in [1.165, 1.54) is 0 Å². The number of aromatic nitrogens is 2. The van der Waals surface area contributed by atoms with Gasteiger partial charge in [0, 0.05) is 11.8 Å². The van der Waals surface area contributed by atoms with Gasteiger partial charge in [0.1, 0.15) is 17.5 Å². The van der Waals surface area contributed by atoms with E-state index in [2.05, 4.69) is 20.8 Å². The molecule has 4 rings (SSSR count). The fourth-order valence-corrected chi connectivity index (χ4v) is 3.86. The third-order valence-corrected chi connectivity index (χ3v) is 5.95. The smallest absolute Gasteiger partial charge is 0.414 e. The quantitative estimate of drug-likeness (QED) is 0.384. The summed E-state index contributed by atoms with van der Waals surface area (Å²) in [5.74, 6) is 0.129. The number of nitrogens with zero attached hydrogens (tertiary/aromatic N) is 2. The Morgan fingerprint density at radius 2 is 1.97 bits per heavy atom. The summed E-state index contributed by atoms with van der Waals surface area (Å²) in [7, 11) is 0. The zero-order chi connectivity index (χ0) is 24.3. The van der Waals surface area contributed by atoms with Crippen molar-refractivity contribution in [3.8, 4) is 11.1 Å². The first-order chi connectivity index (χ1) is 16.2. The fourth-order valence-electron chi connectivity index (χ4n) is 3.86. The number of aryl methyl sites for hydroxylation is 1. The molecule has 178 valence electrons. The van der Waals surface area contributed by atoms with Crippen LogP contribution in [0, 0.1) is 12.8 Å². The Hall–Kier alpha value is -3.88. The molecule has 0 bridgehead atoms. The van der Waals surface area contributed by atoms with E-state index in [-0.39, 0.29) is 5.88 Å². The minimum absolute atomic E-state index is 0.148. The Morgan fingerprint density at radius 3 is 2.59 bits per heavy atom. The number of carbonyl (C=O) groups excluding carboxylic acids is 1. The molecule has 1 fully saturated rings. The van der Waals surface area contributed by atoms with Gasteiger partial charge < -0.3 is 19.7 Å². The molecule has 0 radical (unpaired) electrons. The number of benzene rings is 1. The lowest BCUT2D eigenvalue weighted by molar-refractivity contribution is -0.142. The molecule has 3 aromatic rings. The fraction of sp³-hybridized carbons (Fsp3) is 0.360. The second-order valence-electron chi connectivity index (χ2n) is 8.90. The molecule has 0 spiro atoms. The predicted molar refractivity (Wildman–Crippen MR) is 126 cm³/mol. The van der Waals surface area contributed by atoms with E-state index in [0.717, 1.165) is 18.4 Å². The second-order valence-corrected chi connectivity index (χ2v) is 8.90. The van der Waals surface area contributed by atoms with E-state index in [1.807, 2.05) is 30.3 Å². The molecule has 3 N–H and O–H groups in total. The number of rotatable bonds is 9. The molecule has 34 heavy (non-hydrogen) atoms. The van der Waals surface area contributed by atoms with E-state index in [9.17, 15) is 14.7 Å². The number of aliphatic carboxylic acids is 1. The molecule has 1 aliphatic carbocycles. The first-order valence-electron chi connectivity index (χ1n) is 11.2. The number of carbonyl (C=O) groups is 2. The van der Waals surface area contributed by atoms with Crippen LogP contribution in [0.1, 0.15) is 50.5 Å². The van der Waals surface area contributed by atoms with Crippen LogP contribution >= 0.6 is 0 Å². The molecule has 1 aromatic carbocycles. The van der Waals surface area contributed by atoms with Crippen molar-refractivity contribution in [3.05, 3.63) is 59.9 Å². The van der Waals surface area contributed by atoms with Crippen LogP contribution in [0.3, 0.4) is 0 Å². The number of carboxylic acids is 1. The molecule has 1 saturated carbocycles. The van der Waals surface area contributed by atoms with E-state index < -0.39 is 23.7 Å². The van der Waals surface area contributed by atoms with Gasteiger partial charge in [-0.05, 0) is 50.8 Å². The van der Waals surface area contributed by atoms with Gasteiger partial charge in [0.2, 0.25) is 5.88 Å². The Bertz CT molecular complexity index is 1160. The minimum atomic E-state index is -1.09. The minimum Gasteiger partial charge on any atom is -0.480 e. The highest BCUT2D eigenvalue weighted by Gasteiger charge is 2.39. The third-order valence-electron chi connectivity index (χ3n) is 5.95. The molecular formula is C25H28N4O5. The number of hydrogen-bond donors (Lipinski definition) is 3. The molecule has 9 nitrogen and oxygen atoms in total. The maximum Gasteiger partial charge on any atom is 0.414 e. The van der Waals surface area contributed by atoms with Gasteiger partial charge in [0.25, 0.3) is 0 Å². The molecule has 2 unspecified atom stereocenters. The largest absolute Gasteiger partial charge is 0.480 e. The molecule has 2 heterocycles. The summed E-state index contributed by atoms with van der Waals surface area (Å²) in [5, 5.41) is 19.3. The van der Waals surface area contributed by atoms with Gasteiger partial charge in [0.05, 0.1) is 11.3 Å². The van der Waals surface area contributed by atoms with Gasteiger partial charge in [-0.15, -0.1) is 0 Å². The lowest BCUT2D eigenvalue weighted by atomic mass is 9.95. The van der Waals surface area contributed by atoms with E-state index in [1.54, 1.807) is 39.1 Å². The van der Waals surface area contributed by atoms with Crippen molar-refractivity contribution < 1.29 is 24.0 Å². The van der Waals surface area contributed by atoms with Gasteiger partial charge in [0.15, 0.2) is 0 Å². The van der Waals surface area contributed by atoms with Crippen molar-refractivity contribution in [2.45, 2.75) is 51.7 Å². The summed E-state index contributed by atoms with van der Waals surface area (Å²) >= 11 is 0. The average Bonchev–Trinajstić information content (AvgIpc) is 3.55. The topological polar surface area (TPSA) is 127 Å². The number of pyridine rings is 1. The van der Waals surface area contributed by atoms with E-state index in [0.29, 0.717) is 35.0 Å². The van der Waals surface area contributed by atoms with Gasteiger partial charge >= 0.3 is 12.1 Å². The SMILES string of the molecule is Cc1noc(NC(=O)OC(C)c2ccccc2)c1-c1ccc(NC(C)(CC2CC2)C(=O)O)nc1. The molecule has 0 aliphatic heterocycles. The van der Waals surface area contributed by atoms with Crippen molar-refractivity contribution in [1.82, 2.24) is 10.1 Å². The molecule has 0 saturated heterocycles. The van der Waals surface area contributed by atoms with Crippen molar-refractivity contribution in [2.75, 3.05) is 10.6 Å². The van der Waals surface area contributed by atoms with Gasteiger partial charge in [-0.2, -0.15) is 0 Å². The standard InChI is InChI=1S/C25H28N4O5/c1-15-21(22(34-29-15)27-24(32)33-16(2)18-7-5-4-6-8-18)19-11-12-20(26-14-19)28-25(3,23(30)31)13-17-9-10-17/h4-8,11-12,14,16-17H,9-10,13H2,1-3H3,(H,26,28)(H,27,32)(H,30,31). The zero-order valence-electron chi connectivity index (χ0n) is 19.4. The summed E-state index contributed by atoms with van der Waals surface area (Å²) in [5.41, 5.74) is 1.58. The van der Waals surface area contributed by atoms with Crippen molar-refractivity contribution in [3.63, 3.8) is 0 Å². The maximum absolute atomic E-state index is 12.5. The van der Waals surface area contributed by atoms with Crippen molar-refractivity contribution in [2.24, 2.45) is 5.92 Å². The lowest BCUT2D eigenvalue weighted by Gasteiger charge is -2.27. The Morgan fingerprint density at radius 1 is 1.24 bits per heavy atom. The summed E-state index contributed by atoms with van der Waals surface area (Å²) in [4.78, 5) is 28.7. The molecule has 9 heteroatoms. The average molecular weight is 465 g/mol. The highest BCUT2D eigenvalue weighted by molar-refractivity contribution is 5.89. The molecule has 2 aromatic heterocycles. The van der Waals surface area contributed by atoms with Crippen LogP contribution in [-0.4, -0.2) is 32.8 Å². The van der Waals surface area contributed by atoms with Crippen molar-refractivity contribution in [1.29, 1.82) is 0 Å². The maximum atomic E-state index is 12.5. The summed E-state index contributed by atoms with van der Waals surface area (Å²) in [6.45, 7) is 5.22.